The zero-order valence-corrected chi connectivity index (χ0v) is 18.3. The number of aromatic nitrogens is 5. The molecule has 4 rings (SSSR count). The van der Waals surface area contributed by atoms with Gasteiger partial charge in [0.1, 0.15) is 30.1 Å². The Kier molecular flexibility index (Phi) is 5.62. The number of ether oxygens (including phenoxy) is 4. The lowest BCUT2D eigenvalue weighted by Crippen LogP contribution is -2.40. The van der Waals surface area contributed by atoms with Crippen molar-refractivity contribution in [2.45, 2.75) is 45.3 Å². The van der Waals surface area contributed by atoms with Crippen LogP contribution in [0.5, 0.6) is 0 Å². The minimum Gasteiger partial charge on any atom is -0.463 e. The van der Waals surface area contributed by atoms with Gasteiger partial charge in [-0.3, -0.25) is 19.0 Å². The molecule has 1 aliphatic heterocycles. The molecule has 0 N–H and O–H groups in total. The molecule has 0 unspecified atom stereocenters. The number of halogens is 1. The van der Waals surface area contributed by atoms with Gasteiger partial charge in [0.15, 0.2) is 24.1 Å². The lowest BCUT2D eigenvalue weighted by molar-refractivity contribution is -0.166. The number of nitrogens with zero attached hydrogens (tertiary/aromatic N) is 5. The first-order chi connectivity index (χ1) is 14.8. The first-order valence-electron chi connectivity index (χ1n) is 9.24. The van der Waals surface area contributed by atoms with Gasteiger partial charge in [0.05, 0.1) is 17.0 Å². The first kappa shape index (κ1) is 21.2. The molecule has 0 bridgehead atoms. The third kappa shape index (κ3) is 3.97. The minimum atomic E-state index is -1.02. The predicted molar refractivity (Wildman–Crippen MR) is 106 cm³/mol. The third-order valence-electron chi connectivity index (χ3n) is 4.65. The topological polar surface area (TPSA) is 136 Å². The average Bonchev–Trinajstić information content (AvgIpc) is 3.36. The van der Waals surface area contributed by atoms with Crippen LogP contribution in [-0.4, -0.2) is 67.0 Å². The van der Waals surface area contributed by atoms with Crippen LogP contribution in [0.25, 0.3) is 16.7 Å². The average molecular weight is 496 g/mol. The Morgan fingerprint density at radius 2 is 1.77 bits per heavy atom. The van der Waals surface area contributed by atoms with Gasteiger partial charge in [-0.05, 0) is 15.9 Å². The fourth-order valence-corrected chi connectivity index (χ4v) is 3.97. The van der Waals surface area contributed by atoms with Gasteiger partial charge < -0.3 is 18.9 Å². The molecule has 1 fully saturated rings. The highest BCUT2D eigenvalue weighted by molar-refractivity contribution is 9.10. The van der Waals surface area contributed by atoms with Gasteiger partial charge in [0.25, 0.3) is 0 Å². The molecule has 3 aromatic heterocycles. The van der Waals surface area contributed by atoms with Crippen molar-refractivity contribution in [3.63, 3.8) is 0 Å². The van der Waals surface area contributed by atoms with Crippen LogP contribution in [-0.2, 0) is 33.3 Å². The van der Waals surface area contributed by atoms with Crippen LogP contribution in [0.15, 0.2) is 23.3 Å². The Bertz CT molecular complexity index is 1170. The summed E-state index contributed by atoms with van der Waals surface area (Å²) in [7, 11) is 0. The van der Waals surface area contributed by atoms with Crippen molar-refractivity contribution in [3.8, 4) is 0 Å². The van der Waals surface area contributed by atoms with Crippen molar-refractivity contribution in [3.05, 3.63) is 23.3 Å². The lowest BCUT2D eigenvalue weighted by Gasteiger charge is -2.23. The fourth-order valence-electron chi connectivity index (χ4n) is 3.51. The predicted octanol–water partition coefficient (Wildman–Crippen LogP) is 1.17. The molecule has 0 radical (unpaired) electrons. The second-order valence-electron chi connectivity index (χ2n) is 6.87. The van der Waals surface area contributed by atoms with E-state index in [1.807, 2.05) is 0 Å². The molecule has 0 aromatic carbocycles. The molecule has 0 amide bonds. The first-order valence-corrected chi connectivity index (χ1v) is 10.0. The van der Waals surface area contributed by atoms with Crippen molar-refractivity contribution in [1.82, 2.24) is 24.1 Å². The maximum Gasteiger partial charge on any atom is 0.303 e. The Hall–Kier alpha value is -3.06. The van der Waals surface area contributed by atoms with E-state index in [0.29, 0.717) is 16.7 Å². The monoisotopic (exact) mass is 495 g/mol. The highest BCUT2D eigenvalue weighted by atomic mass is 79.9. The van der Waals surface area contributed by atoms with Crippen LogP contribution < -0.4 is 0 Å². The molecule has 0 aliphatic carbocycles. The minimum absolute atomic E-state index is 0.194. The lowest BCUT2D eigenvalue weighted by atomic mass is 10.1. The van der Waals surface area contributed by atoms with Crippen molar-refractivity contribution in [1.29, 1.82) is 0 Å². The number of hydrogen-bond acceptors (Lipinski definition) is 10. The Morgan fingerprint density at radius 3 is 2.45 bits per heavy atom. The van der Waals surface area contributed by atoms with E-state index in [1.54, 1.807) is 15.3 Å². The van der Waals surface area contributed by atoms with E-state index < -0.39 is 42.4 Å². The van der Waals surface area contributed by atoms with Gasteiger partial charge in [-0.2, -0.15) is 5.10 Å². The summed E-state index contributed by atoms with van der Waals surface area (Å²) >= 11 is 3.44. The smallest absolute Gasteiger partial charge is 0.303 e. The van der Waals surface area contributed by atoms with Gasteiger partial charge in [0, 0.05) is 20.8 Å². The molecule has 1 saturated heterocycles. The van der Waals surface area contributed by atoms with Crippen LogP contribution in [0, 0.1) is 0 Å². The molecule has 0 spiro atoms. The van der Waals surface area contributed by atoms with Crippen LogP contribution in [0.3, 0.4) is 0 Å². The van der Waals surface area contributed by atoms with Gasteiger partial charge in [-0.15, -0.1) is 0 Å². The van der Waals surface area contributed by atoms with Crippen molar-refractivity contribution < 1.29 is 33.3 Å². The largest absolute Gasteiger partial charge is 0.463 e. The number of hydrogen-bond donors (Lipinski definition) is 0. The molecular weight excluding hydrogens is 478 g/mol. The van der Waals surface area contributed by atoms with Crippen molar-refractivity contribution in [2.75, 3.05) is 6.61 Å². The summed E-state index contributed by atoms with van der Waals surface area (Å²) in [6.45, 7) is 3.51. The normalized spacial score (nSPS) is 23.2. The Balaban J connectivity index is 1.78. The molecule has 4 heterocycles. The summed E-state index contributed by atoms with van der Waals surface area (Å²) in [6.07, 6.45) is 0.780. The number of esters is 3. The van der Waals surface area contributed by atoms with Gasteiger partial charge in [-0.25, -0.2) is 14.5 Å². The van der Waals surface area contributed by atoms with Crippen LogP contribution in [0.2, 0.25) is 0 Å². The zero-order chi connectivity index (χ0) is 22.3. The van der Waals surface area contributed by atoms with E-state index in [2.05, 4.69) is 31.0 Å². The number of carbonyl (C=O) groups excluding carboxylic acids is 3. The summed E-state index contributed by atoms with van der Waals surface area (Å²) in [6, 6.07) is 0. The molecule has 4 atom stereocenters. The van der Waals surface area contributed by atoms with Crippen LogP contribution in [0.1, 0.15) is 27.0 Å². The van der Waals surface area contributed by atoms with E-state index in [9.17, 15) is 14.4 Å². The van der Waals surface area contributed by atoms with Crippen molar-refractivity contribution in [2.24, 2.45) is 0 Å². The highest BCUT2D eigenvalue weighted by Gasteiger charge is 2.51. The highest BCUT2D eigenvalue weighted by Crippen LogP contribution is 2.36. The zero-order valence-electron chi connectivity index (χ0n) is 16.7. The second kappa shape index (κ2) is 8.23. The summed E-state index contributed by atoms with van der Waals surface area (Å²) < 4.78 is 25.8. The van der Waals surface area contributed by atoms with Gasteiger partial charge in [0.2, 0.25) is 0 Å². The number of rotatable bonds is 5. The maximum absolute atomic E-state index is 11.8. The van der Waals surface area contributed by atoms with E-state index in [0.717, 1.165) is 4.47 Å². The maximum atomic E-state index is 11.8. The molecule has 1 aliphatic rings. The summed E-state index contributed by atoms with van der Waals surface area (Å²) in [5, 5.41) is 4.18. The summed E-state index contributed by atoms with van der Waals surface area (Å²) in [4.78, 5) is 43.6. The van der Waals surface area contributed by atoms with Crippen LogP contribution in [0.4, 0.5) is 0 Å². The Labute approximate surface area is 183 Å². The number of imidazole rings is 1. The van der Waals surface area contributed by atoms with Gasteiger partial charge in [-0.1, -0.05) is 0 Å². The van der Waals surface area contributed by atoms with Crippen molar-refractivity contribution >= 4 is 50.5 Å². The summed E-state index contributed by atoms with van der Waals surface area (Å²) in [5.41, 5.74) is 1.66. The molecular formula is C18H18BrN5O7. The molecule has 13 heteroatoms. The van der Waals surface area contributed by atoms with E-state index in [-0.39, 0.29) is 6.61 Å². The van der Waals surface area contributed by atoms with Gasteiger partial charge >= 0.3 is 17.9 Å². The number of fused-ring (bicyclic) bond motifs is 3. The molecule has 3 aromatic rings. The van der Waals surface area contributed by atoms with E-state index in [4.69, 9.17) is 18.9 Å². The SMILES string of the molecule is CC(=O)OC[C@H]1O[C@@H](n2cnc3c2ncn2ncc(Br)c32)[C@H](OC(C)=O)[C@@H]1OC(C)=O. The molecule has 0 saturated carbocycles. The molecule has 12 nitrogen and oxygen atoms in total. The third-order valence-corrected chi connectivity index (χ3v) is 5.23. The quantitative estimate of drug-likeness (QED) is 0.374. The molecule has 31 heavy (non-hydrogen) atoms. The van der Waals surface area contributed by atoms with Crippen LogP contribution >= 0.6 is 15.9 Å². The number of carbonyl (C=O) groups is 3. The summed E-state index contributed by atoms with van der Waals surface area (Å²) in [5.74, 6) is -1.72. The molecule has 164 valence electrons. The Morgan fingerprint density at radius 1 is 1.06 bits per heavy atom. The van der Waals surface area contributed by atoms with E-state index in [1.165, 1.54) is 33.4 Å². The second-order valence-corrected chi connectivity index (χ2v) is 7.72. The van der Waals surface area contributed by atoms with E-state index >= 15 is 0 Å². The fraction of sp³-hybridized carbons (Fsp3) is 0.444. The standard InChI is InChI=1S/C18H18BrN5O7/c1-8(25)28-5-12-15(29-9(2)26)16(30-10(3)27)18(31-12)23-6-20-13-14-11(19)4-22-24(14)7-21-17(13)23/h4,6-7,12,15-16,18H,5H2,1-3H3/t12-,15-,16-,18-/m1/s1.